The molecule has 0 heterocycles. The van der Waals surface area contributed by atoms with E-state index in [-0.39, 0.29) is 31.0 Å². The Balaban J connectivity index is 1.91. The Morgan fingerprint density at radius 2 is 1.66 bits per heavy atom. The van der Waals surface area contributed by atoms with Crippen molar-refractivity contribution in [1.29, 1.82) is 0 Å². The molecule has 0 spiro atoms. The molecule has 0 saturated carbocycles. The summed E-state index contributed by atoms with van der Waals surface area (Å²) in [5.74, 6) is 0.113. The van der Waals surface area contributed by atoms with Crippen LogP contribution in [0.4, 0.5) is 0 Å². The van der Waals surface area contributed by atoms with Crippen molar-refractivity contribution < 1.29 is 14.3 Å². The lowest BCUT2D eigenvalue weighted by atomic mass is 10.0. The molecule has 2 atom stereocenters. The minimum absolute atomic E-state index is 0.0129. The lowest BCUT2D eigenvalue weighted by molar-refractivity contribution is -0.143. The summed E-state index contributed by atoms with van der Waals surface area (Å²) in [6, 6.07) is 23.8. The zero-order valence-corrected chi connectivity index (χ0v) is 22.8. The number of nitrogens with zero attached hydrogens (tertiary/aromatic N) is 1. The molecule has 0 aliphatic rings. The van der Waals surface area contributed by atoms with E-state index in [1.54, 1.807) is 11.0 Å². The normalized spacial score (nSPS) is 12.5. The molecule has 2 amide bonds. The Labute approximate surface area is 226 Å². The third-order valence-corrected chi connectivity index (χ3v) is 6.83. The number of carbonyl (C=O) groups excluding carboxylic acids is 2. The number of ether oxygens (including phenoxy) is 1. The second kappa shape index (κ2) is 13.5. The lowest BCUT2D eigenvalue weighted by Gasteiger charge is -2.32. The summed E-state index contributed by atoms with van der Waals surface area (Å²) in [5.41, 5.74) is 1.73. The third-order valence-electron chi connectivity index (χ3n) is 5.75. The fraction of sp³-hybridized carbons (Fsp3) is 0.286. The molecular formula is C28H30ClIN2O3. The summed E-state index contributed by atoms with van der Waals surface area (Å²) in [7, 11) is 0. The Bertz CT molecular complexity index is 1110. The van der Waals surface area contributed by atoms with Crippen LogP contribution in [0.3, 0.4) is 0 Å². The first-order chi connectivity index (χ1) is 16.9. The molecule has 3 rings (SSSR count). The smallest absolute Gasteiger partial charge is 0.261 e. The molecule has 0 fully saturated rings. The summed E-state index contributed by atoms with van der Waals surface area (Å²) < 4.78 is 6.87. The number of hydrogen-bond donors (Lipinski definition) is 1. The van der Waals surface area contributed by atoms with Crippen molar-refractivity contribution in [3.63, 3.8) is 0 Å². The van der Waals surface area contributed by atoms with Crippen molar-refractivity contribution in [2.45, 2.75) is 45.3 Å². The highest BCUT2D eigenvalue weighted by Crippen LogP contribution is 2.21. The number of halogens is 2. The highest BCUT2D eigenvalue weighted by atomic mass is 127. The van der Waals surface area contributed by atoms with Crippen LogP contribution in [0.15, 0.2) is 78.9 Å². The van der Waals surface area contributed by atoms with Gasteiger partial charge in [0.2, 0.25) is 5.91 Å². The Morgan fingerprint density at radius 1 is 1.00 bits per heavy atom. The molecule has 1 N–H and O–H groups in total. The molecule has 2 unspecified atom stereocenters. The topological polar surface area (TPSA) is 58.6 Å². The average Bonchev–Trinajstić information content (AvgIpc) is 2.87. The van der Waals surface area contributed by atoms with E-state index in [1.165, 1.54) is 0 Å². The van der Waals surface area contributed by atoms with Gasteiger partial charge in [0, 0.05) is 27.6 Å². The van der Waals surface area contributed by atoms with E-state index in [2.05, 4.69) is 27.9 Å². The second-order valence-electron chi connectivity index (χ2n) is 8.38. The van der Waals surface area contributed by atoms with Gasteiger partial charge in [-0.3, -0.25) is 9.59 Å². The number of amides is 2. The van der Waals surface area contributed by atoms with E-state index in [0.29, 0.717) is 17.2 Å². The molecule has 0 aromatic heterocycles. The first-order valence-corrected chi connectivity index (χ1v) is 13.1. The zero-order chi connectivity index (χ0) is 25.2. The quantitative estimate of drug-likeness (QED) is 0.278. The van der Waals surface area contributed by atoms with Gasteiger partial charge in [-0.2, -0.15) is 0 Å². The molecule has 0 aliphatic carbocycles. The second-order valence-corrected chi connectivity index (χ2v) is 10.0. The van der Waals surface area contributed by atoms with Crippen LogP contribution in [0.2, 0.25) is 5.02 Å². The van der Waals surface area contributed by atoms with Crippen LogP contribution in [0, 0.1) is 3.57 Å². The van der Waals surface area contributed by atoms with Gasteiger partial charge in [0.15, 0.2) is 6.61 Å². The summed E-state index contributed by atoms with van der Waals surface area (Å²) in [6.07, 6.45) is 1.17. The first kappa shape index (κ1) is 27.0. The lowest BCUT2D eigenvalue weighted by Crippen LogP contribution is -2.53. The van der Waals surface area contributed by atoms with Crippen LogP contribution < -0.4 is 10.1 Å². The number of hydrogen-bond acceptors (Lipinski definition) is 3. The number of nitrogens with one attached hydrogen (secondary N) is 1. The van der Waals surface area contributed by atoms with Crippen LogP contribution in [0.25, 0.3) is 0 Å². The van der Waals surface area contributed by atoms with E-state index in [9.17, 15) is 9.59 Å². The molecular weight excluding hydrogens is 575 g/mol. The number of benzene rings is 3. The van der Waals surface area contributed by atoms with Crippen LogP contribution in [0.5, 0.6) is 5.75 Å². The summed E-state index contributed by atoms with van der Waals surface area (Å²) in [4.78, 5) is 28.6. The highest BCUT2D eigenvalue weighted by molar-refractivity contribution is 14.1. The minimum Gasteiger partial charge on any atom is -0.484 e. The van der Waals surface area contributed by atoms with Crippen molar-refractivity contribution in [1.82, 2.24) is 10.2 Å². The molecule has 0 saturated heterocycles. The molecule has 184 valence electrons. The standard InChI is InChI=1S/C28H30ClIN2O3/c1-3-20(2)31-28(34)26(17-21-9-5-4-6-10-21)32(18-22-11-7-8-12-25(22)29)27(33)19-35-24-15-13-23(30)14-16-24/h4-16,20,26H,3,17-19H2,1-2H3,(H,31,34). The van der Waals surface area contributed by atoms with Crippen LogP contribution in [-0.2, 0) is 22.6 Å². The van der Waals surface area contributed by atoms with Crippen LogP contribution >= 0.6 is 34.2 Å². The number of carbonyl (C=O) groups is 2. The monoisotopic (exact) mass is 604 g/mol. The Kier molecular flexibility index (Phi) is 10.4. The maximum Gasteiger partial charge on any atom is 0.261 e. The third kappa shape index (κ3) is 8.25. The van der Waals surface area contributed by atoms with Crippen LogP contribution in [0.1, 0.15) is 31.4 Å². The Hall–Kier alpha value is -2.58. The zero-order valence-electron chi connectivity index (χ0n) is 19.9. The molecule has 0 bridgehead atoms. The first-order valence-electron chi connectivity index (χ1n) is 11.6. The van der Waals surface area contributed by atoms with E-state index >= 15 is 0 Å². The maximum atomic E-state index is 13.6. The predicted molar refractivity (Wildman–Crippen MR) is 148 cm³/mol. The minimum atomic E-state index is -0.726. The molecule has 0 aliphatic heterocycles. The van der Waals surface area contributed by atoms with Crippen molar-refractivity contribution in [2.24, 2.45) is 0 Å². The van der Waals surface area contributed by atoms with Gasteiger partial charge in [-0.15, -0.1) is 0 Å². The SMILES string of the molecule is CCC(C)NC(=O)C(Cc1ccccc1)N(Cc1ccccc1Cl)C(=O)COc1ccc(I)cc1. The average molecular weight is 605 g/mol. The molecule has 35 heavy (non-hydrogen) atoms. The Morgan fingerprint density at radius 3 is 2.31 bits per heavy atom. The summed E-state index contributed by atoms with van der Waals surface area (Å²) in [6.45, 7) is 3.98. The van der Waals surface area contributed by atoms with Crippen molar-refractivity contribution in [3.05, 3.63) is 98.6 Å². The van der Waals surface area contributed by atoms with E-state index in [1.807, 2.05) is 86.6 Å². The molecule has 7 heteroatoms. The van der Waals surface area contributed by atoms with E-state index in [0.717, 1.165) is 21.1 Å². The summed E-state index contributed by atoms with van der Waals surface area (Å²) in [5, 5.41) is 3.60. The van der Waals surface area contributed by atoms with E-state index in [4.69, 9.17) is 16.3 Å². The van der Waals surface area contributed by atoms with Gasteiger partial charge < -0.3 is 15.0 Å². The molecule has 3 aromatic carbocycles. The van der Waals surface area contributed by atoms with Gasteiger partial charge in [0.05, 0.1) is 0 Å². The highest BCUT2D eigenvalue weighted by Gasteiger charge is 2.31. The molecule has 5 nitrogen and oxygen atoms in total. The van der Waals surface area contributed by atoms with E-state index < -0.39 is 6.04 Å². The fourth-order valence-corrected chi connectivity index (χ4v) is 4.12. The van der Waals surface area contributed by atoms with Crippen LogP contribution in [-0.4, -0.2) is 35.4 Å². The maximum absolute atomic E-state index is 13.6. The van der Waals surface area contributed by atoms with Gasteiger partial charge in [-0.1, -0.05) is 67.1 Å². The van der Waals surface area contributed by atoms with Gasteiger partial charge >= 0.3 is 0 Å². The molecule has 0 radical (unpaired) electrons. The van der Waals surface area contributed by atoms with Crippen molar-refractivity contribution >= 4 is 46.0 Å². The predicted octanol–water partition coefficient (Wildman–Crippen LogP) is 5.88. The van der Waals surface area contributed by atoms with Crippen molar-refractivity contribution in [2.75, 3.05) is 6.61 Å². The summed E-state index contributed by atoms with van der Waals surface area (Å²) >= 11 is 8.66. The van der Waals surface area contributed by atoms with Gasteiger partial charge in [-0.05, 0) is 77.4 Å². The largest absolute Gasteiger partial charge is 0.484 e. The number of rotatable bonds is 11. The molecule has 3 aromatic rings. The van der Waals surface area contributed by atoms with Gasteiger partial charge in [0.25, 0.3) is 5.91 Å². The van der Waals surface area contributed by atoms with Gasteiger partial charge in [0.1, 0.15) is 11.8 Å². The van der Waals surface area contributed by atoms with Crippen molar-refractivity contribution in [3.8, 4) is 5.75 Å². The fourth-order valence-electron chi connectivity index (χ4n) is 3.56. The van der Waals surface area contributed by atoms with Gasteiger partial charge in [-0.25, -0.2) is 0 Å².